The minimum Gasteiger partial charge on any atom is -0.383 e. The van der Waals surface area contributed by atoms with E-state index in [0.29, 0.717) is 24.1 Å². The molecule has 18 heavy (non-hydrogen) atoms. The smallest absolute Gasteiger partial charge is 0.130 e. The first-order valence-electron chi connectivity index (χ1n) is 6.10. The van der Waals surface area contributed by atoms with Crippen molar-refractivity contribution in [2.75, 3.05) is 5.73 Å². The van der Waals surface area contributed by atoms with Crippen LogP contribution in [0.25, 0.3) is 0 Å². The van der Waals surface area contributed by atoms with Crippen LogP contribution in [-0.4, -0.2) is 19.7 Å². The summed E-state index contributed by atoms with van der Waals surface area (Å²) in [6, 6.07) is 2.42. The highest BCUT2D eigenvalue weighted by Crippen LogP contribution is 2.17. The zero-order valence-corrected chi connectivity index (χ0v) is 11.3. The molecule has 2 N–H and O–H groups in total. The van der Waals surface area contributed by atoms with Crippen LogP contribution >= 0.6 is 0 Å². The zero-order valence-electron chi connectivity index (χ0n) is 11.3. The molecule has 0 aliphatic rings. The summed E-state index contributed by atoms with van der Waals surface area (Å²) in [7, 11) is 0. The van der Waals surface area contributed by atoms with Crippen LogP contribution < -0.4 is 5.73 Å². The maximum absolute atomic E-state index is 5.92. The van der Waals surface area contributed by atoms with Crippen LogP contribution in [0.2, 0.25) is 0 Å². The molecular weight excluding hydrogens is 226 g/mol. The van der Waals surface area contributed by atoms with Crippen molar-refractivity contribution in [3.8, 4) is 0 Å². The van der Waals surface area contributed by atoms with Gasteiger partial charge in [0.25, 0.3) is 0 Å². The van der Waals surface area contributed by atoms with E-state index in [1.165, 1.54) is 0 Å². The van der Waals surface area contributed by atoms with Gasteiger partial charge in [-0.05, 0) is 33.8 Å². The molecule has 2 aromatic heterocycles. The van der Waals surface area contributed by atoms with Gasteiger partial charge in [0, 0.05) is 29.9 Å². The molecule has 0 radical (unpaired) electrons. The predicted octanol–water partition coefficient (Wildman–Crippen LogP) is 2.04. The first-order chi connectivity index (χ1) is 8.47. The molecule has 0 amide bonds. The van der Waals surface area contributed by atoms with E-state index in [1.54, 1.807) is 6.20 Å². The van der Waals surface area contributed by atoms with E-state index in [0.717, 1.165) is 17.0 Å². The summed E-state index contributed by atoms with van der Waals surface area (Å²) in [5.74, 6) is 1.25. The minimum absolute atomic E-state index is 0.335. The molecule has 0 fully saturated rings. The van der Waals surface area contributed by atoms with Crippen LogP contribution in [-0.2, 0) is 6.42 Å². The van der Waals surface area contributed by atoms with Gasteiger partial charge in [0.1, 0.15) is 11.6 Å². The molecule has 0 aromatic carbocycles. The third-order valence-electron chi connectivity index (χ3n) is 2.81. The van der Waals surface area contributed by atoms with Crippen molar-refractivity contribution >= 4 is 5.82 Å². The second-order valence-corrected chi connectivity index (χ2v) is 4.82. The Labute approximate surface area is 107 Å². The lowest BCUT2D eigenvalue weighted by Gasteiger charge is -2.11. The molecule has 0 spiro atoms. The number of hydrogen-bond acceptors (Lipinski definition) is 4. The maximum atomic E-state index is 5.92. The van der Waals surface area contributed by atoms with E-state index in [9.17, 15) is 0 Å². The van der Waals surface area contributed by atoms with Gasteiger partial charge in [-0.1, -0.05) is 0 Å². The van der Waals surface area contributed by atoms with Gasteiger partial charge in [-0.3, -0.25) is 4.68 Å². The molecule has 2 aromatic rings. The summed E-state index contributed by atoms with van der Waals surface area (Å²) in [4.78, 5) is 8.38. The molecule has 2 rings (SSSR count). The quantitative estimate of drug-likeness (QED) is 0.898. The van der Waals surface area contributed by atoms with Crippen molar-refractivity contribution in [3.63, 3.8) is 0 Å². The van der Waals surface area contributed by atoms with Crippen molar-refractivity contribution in [1.29, 1.82) is 0 Å². The molecule has 0 saturated carbocycles. The zero-order chi connectivity index (χ0) is 13.3. The fourth-order valence-corrected chi connectivity index (χ4v) is 1.99. The Bertz CT molecular complexity index is 557. The molecule has 0 atom stereocenters. The van der Waals surface area contributed by atoms with Gasteiger partial charge >= 0.3 is 0 Å². The molecule has 0 saturated heterocycles. The summed E-state index contributed by atoms with van der Waals surface area (Å²) in [5, 5.41) is 4.49. The summed E-state index contributed by atoms with van der Waals surface area (Å²) in [5.41, 5.74) is 9.03. The highest BCUT2D eigenvalue weighted by molar-refractivity contribution is 5.40. The topological polar surface area (TPSA) is 69.6 Å². The molecule has 0 bridgehead atoms. The summed E-state index contributed by atoms with van der Waals surface area (Å²) >= 11 is 0. The number of aryl methyl sites for hydroxylation is 2. The largest absolute Gasteiger partial charge is 0.383 e. The second-order valence-electron chi connectivity index (χ2n) is 4.82. The normalized spacial score (nSPS) is 11.2. The average molecular weight is 245 g/mol. The van der Waals surface area contributed by atoms with Crippen LogP contribution in [0.4, 0.5) is 5.82 Å². The van der Waals surface area contributed by atoms with Crippen molar-refractivity contribution in [2.45, 2.75) is 40.2 Å². The number of nitrogens with zero attached hydrogens (tertiary/aromatic N) is 4. The lowest BCUT2D eigenvalue weighted by Crippen LogP contribution is -2.09. The van der Waals surface area contributed by atoms with Gasteiger partial charge in [-0.2, -0.15) is 5.10 Å². The average Bonchev–Trinajstić information content (AvgIpc) is 2.64. The van der Waals surface area contributed by atoms with E-state index in [2.05, 4.69) is 35.0 Å². The van der Waals surface area contributed by atoms with E-state index in [-0.39, 0.29) is 0 Å². The molecule has 0 unspecified atom stereocenters. The van der Waals surface area contributed by atoms with Gasteiger partial charge in [0.05, 0.1) is 5.69 Å². The molecule has 5 nitrogen and oxygen atoms in total. The molecule has 2 heterocycles. The van der Waals surface area contributed by atoms with Gasteiger partial charge in [0.2, 0.25) is 0 Å². The summed E-state index contributed by atoms with van der Waals surface area (Å²) in [6.45, 7) is 8.07. The highest BCUT2D eigenvalue weighted by Gasteiger charge is 2.11. The number of nitrogens with two attached hydrogens (primary N) is 1. The Morgan fingerprint density at radius 2 is 2.06 bits per heavy atom. The van der Waals surface area contributed by atoms with Crippen LogP contribution in [0.5, 0.6) is 0 Å². The van der Waals surface area contributed by atoms with Crippen molar-refractivity contribution < 1.29 is 0 Å². The molecule has 0 aliphatic heterocycles. The van der Waals surface area contributed by atoms with Gasteiger partial charge < -0.3 is 5.73 Å². The molecular formula is C13H19N5. The number of anilines is 1. The Hall–Kier alpha value is -1.91. The first kappa shape index (κ1) is 12.5. The van der Waals surface area contributed by atoms with E-state index < -0.39 is 0 Å². The highest BCUT2D eigenvalue weighted by atomic mass is 15.3. The lowest BCUT2D eigenvalue weighted by molar-refractivity contribution is 0.511. The second kappa shape index (κ2) is 4.76. The fourth-order valence-electron chi connectivity index (χ4n) is 1.99. The van der Waals surface area contributed by atoms with E-state index in [4.69, 9.17) is 5.73 Å². The van der Waals surface area contributed by atoms with Crippen molar-refractivity contribution in [1.82, 2.24) is 19.7 Å². The number of hydrogen-bond donors (Lipinski definition) is 1. The maximum Gasteiger partial charge on any atom is 0.130 e. The summed E-state index contributed by atoms with van der Waals surface area (Å²) < 4.78 is 2.02. The SMILES string of the molecule is Cc1cc(Cc2cnc(C)nc2N)n(C(C)C)n1. The van der Waals surface area contributed by atoms with E-state index >= 15 is 0 Å². The fraction of sp³-hybridized carbons (Fsp3) is 0.462. The Morgan fingerprint density at radius 1 is 1.33 bits per heavy atom. The van der Waals surface area contributed by atoms with Crippen molar-refractivity contribution in [3.05, 3.63) is 35.0 Å². The Balaban J connectivity index is 2.33. The summed E-state index contributed by atoms with van der Waals surface area (Å²) in [6.07, 6.45) is 2.51. The van der Waals surface area contributed by atoms with Gasteiger partial charge in [-0.25, -0.2) is 9.97 Å². The Kier molecular flexibility index (Phi) is 3.32. The van der Waals surface area contributed by atoms with Crippen LogP contribution in [0.1, 0.15) is 42.7 Å². The monoisotopic (exact) mass is 245 g/mol. The van der Waals surface area contributed by atoms with E-state index in [1.807, 2.05) is 18.5 Å². The minimum atomic E-state index is 0.335. The lowest BCUT2D eigenvalue weighted by atomic mass is 10.1. The third kappa shape index (κ3) is 2.50. The first-order valence-corrected chi connectivity index (χ1v) is 6.10. The molecule has 5 heteroatoms. The van der Waals surface area contributed by atoms with Crippen LogP contribution in [0.3, 0.4) is 0 Å². The number of nitrogen functional groups attached to an aromatic ring is 1. The number of rotatable bonds is 3. The van der Waals surface area contributed by atoms with Crippen LogP contribution in [0.15, 0.2) is 12.3 Å². The van der Waals surface area contributed by atoms with Gasteiger partial charge in [0.15, 0.2) is 0 Å². The molecule has 0 aliphatic carbocycles. The third-order valence-corrected chi connectivity index (χ3v) is 2.81. The number of aromatic nitrogens is 4. The standard InChI is InChI=1S/C13H19N5/c1-8(2)18-12(5-9(3)17-18)6-11-7-15-10(4)16-13(11)14/h5,7-8H,6H2,1-4H3,(H2,14,15,16). The van der Waals surface area contributed by atoms with Crippen molar-refractivity contribution in [2.24, 2.45) is 0 Å². The van der Waals surface area contributed by atoms with Crippen LogP contribution in [0, 0.1) is 13.8 Å². The predicted molar refractivity (Wildman–Crippen MR) is 71.3 cm³/mol. The Morgan fingerprint density at radius 3 is 2.67 bits per heavy atom. The van der Waals surface area contributed by atoms with Gasteiger partial charge in [-0.15, -0.1) is 0 Å². The molecule has 96 valence electrons.